The van der Waals surface area contributed by atoms with E-state index in [2.05, 4.69) is 5.32 Å². The molecule has 0 saturated heterocycles. The highest BCUT2D eigenvalue weighted by Crippen LogP contribution is 1.94. The average molecular weight is 201 g/mol. The van der Waals surface area contributed by atoms with Crippen molar-refractivity contribution in [3.63, 3.8) is 0 Å². The van der Waals surface area contributed by atoms with Crippen molar-refractivity contribution in [1.82, 2.24) is 5.32 Å². The fraction of sp³-hybridized carbons (Fsp3) is 0.700. The molecule has 0 radical (unpaired) electrons. The van der Waals surface area contributed by atoms with E-state index in [1.165, 1.54) is 0 Å². The Kier molecular flexibility index (Phi) is 7.06. The number of aliphatic hydroxyl groups is 1. The van der Waals surface area contributed by atoms with Gasteiger partial charge in [-0.05, 0) is 26.3 Å². The van der Waals surface area contributed by atoms with Gasteiger partial charge >= 0.3 is 5.97 Å². The van der Waals surface area contributed by atoms with E-state index in [1.807, 2.05) is 6.92 Å². The molecule has 1 unspecified atom stereocenters. The summed E-state index contributed by atoms with van der Waals surface area (Å²) in [5, 5.41) is 20.8. The predicted molar refractivity (Wildman–Crippen MR) is 55.2 cm³/mol. The van der Waals surface area contributed by atoms with Gasteiger partial charge < -0.3 is 15.5 Å². The Labute approximate surface area is 84.6 Å². The van der Waals surface area contributed by atoms with Gasteiger partial charge in [0.2, 0.25) is 0 Å². The zero-order chi connectivity index (χ0) is 11.0. The molecular weight excluding hydrogens is 182 g/mol. The normalized spacial score (nSPS) is 14.1. The van der Waals surface area contributed by atoms with Crippen LogP contribution in [0.4, 0.5) is 0 Å². The van der Waals surface area contributed by atoms with Gasteiger partial charge in [-0.3, -0.25) is 0 Å². The maximum Gasteiger partial charge on any atom is 0.330 e. The second kappa shape index (κ2) is 7.53. The molecule has 14 heavy (non-hydrogen) atoms. The van der Waals surface area contributed by atoms with E-state index in [0.29, 0.717) is 25.1 Å². The molecule has 0 rings (SSSR count). The van der Waals surface area contributed by atoms with Crippen molar-refractivity contribution in [2.24, 2.45) is 0 Å². The Balaban J connectivity index is 3.47. The Morgan fingerprint density at radius 2 is 2.21 bits per heavy atom. The van der Waals surface area contributed by atoms with Gasteiger partial charge in [0.05, 0.1) is 6.10 Å². The van der Waals surface area contributed by atoms with Gasteiger partial charge in [-0.1, -0.05) is 13.0 Å². The van der Waals surface area contributed by atoms with E-state index in [0.717, 1.165) is 6.42 Å². The van der Waals surface area contributed by atoms with E-state index >= 15 is 0 Å². The number of carbonyl (C=O) groups is 1. The van der Waals surface area contributed by atoms with Crippen molar-refractivity contribution in [3.05, 3.63) is 11.6 Å². The zero-order valence-electron chi connectivity index (χ0n) is 8.79. The summed E-state index contributed by atoms with van der Waals surface area (Å²) in [6, 6.07) is 0. The molecule has 0 bridgehead atoms. The summed E-state index contributed by atoms with van der Waals surface area (Å²) in [6.45, 7) is 4.73. The van der Waals surface area contributed by atoms with E-state index in [-0.39, 0.29) is 6.10 Å². The zero-order valence-corrected chi connectivity index (χ0v) is 8.79. The molecule has 4 heteroatoms. The molecular formula is C10H19NO3. The highest BCUT2D eigenvalue weighted by atomic mass is 16.4. The number of carboxylic acids is 1. The summed E-state index contributed by atoms with van der Waals surface area (Å²) in [5.74, 6) is -0.889. The highest BCUT2D eigenvalue weighted by molar-refractivity contribution is 5.85. The molecule has 1 atom stereocenters. The molecule has 0 spiro atoms. The Morgan fingerprint density at radius 1 is 1.57 bits per heavy atom. The predicted octanol–water partition coefficient (Wildman–Crippen LogP) is 0.768. The summed E-state index contributed by atoms with van der Waals surface area (Å²) in [5.41, 5.74) is 0.341. The molecule has 82 valence electrons. The first kappa shape index (κ1) is 13.1. The number of aliphatic hydroxyl groups excluding tert-OH is 1. The third-order valence-electron chi connectivity index (χ3n) is 2.02. The number of hydrogen-bond donors (Lipinski definition) is 3. The minimum atomic E-state index is -0.889. The quantitative estimate of drug-likeness (QED) is 0.420. The lowest BCUT2D eigenvalue weighted by atomic mass is 10.2. The van der Waals surface area contributed by atoms with Gasteiger partial charge in [-0.15, -0.1) is 0 Å². The topological polar surface area (TPSA) is 69.6 Å². The second-order valence-corrected chi connectivity index (χ2v) is 3.25. The molecule has 0 aromatic carbocycles. The van der Waals surface area contributed by atoms with Crippen molar-refractivity contribution < 1.29 is 15.0 Å². The van der Waals surface area contributed by atoms with E-state index in [4.69, 9.17) is 5.11 Å². The fourth-order valence-corrected chi connectivity index (χ4v) is 0.887. The number of hydrogen-bond acceptors (Lipinski definition) is 3. The summed E-state index contributed by atoms with van der Waals surface area (Å²) in [6.07, 6.45) is 2.83. The van der Waals surface area contributed by atoms with Gasteiger partial charge in [-0.2, -0.15) is 0 Å². The summed E-state index contributed by atoms with van der Waals surface area (Å²) in [4.78, 5) is 10.4. The molecule has 0 aliphatic rings. The van der Waals surface area contributed by atoms with Crippen molar-refractivity contribution in [2.45, 2.75) is 32.8 Å². The highest BCUT2D eigenvalue weighted by Gasteiger charge is 1.99. The molecule has 0 aromatic rings. The maximum absolute atomic E-state index is 10.4. The van der Waals surface area contributed by atoms with Crippen LogP contribution in [0.15, 0.2) is 11.6 Å². The maximum atomic E-state index is 10.4. The third kappa shape index (κ3) is 6.62. The minimum absolute atomic E-state index is 0.257. The van der Waals surface area contributed by atoms with Gasteiger partial charge in [0.1, 0.15) is 0 Å². The molecule has 0 aliphatic heterocycles. The van der Waals surface area contributed by atoms with E-state index < -0.39 is 5.97 Å². The van der Waals surface area contributed by atoms with Crippen LogP contribution >= 0.6 is 0 Å². The van der Waals surface area contributed by atoms with Crippen LogP contribution in [0, 0.1) is 0 Å². The Bertz CT molecular complexity index is 202. The van der Waals surface area contributed by atoms with Crippen LogP contribution < -0.4 is 5.32 Å². The fourth-order valence-electron chi connectivity index (χ4n) is 0.887. The second-order valence-electron chi connectivity index (χ2n) is 3.25. The van der Waals surface area contributed by atoms with Crippen LogP contribution in [-0.4, -0.2) is 35.4 Å². The van der Waals surface area contributed by atoms with Crippen molar-refractivity contribution in [2.75, 3.05) is 13.1 Å². The van der Waals surface area contributed by atoms with Gasteiger partial charge in [0.15, 0.2) is 0 Å². The van der Waals surface area contributed by atoms with Crippen molar-refractivity contribution >= 4 is 5.97 Å². The standard InChI is InChI=1S/C10H19NO3/c1-3-9(12)5-7-11-6-4-8(2)10(13)14/h4,9,11-12H,3,5-7H2,1-2H3,(H,13,14)/b8-4-. The summed E-state index contributed by atoms with van der Waals surface area (Å²) < 4.78 is 0. The van der Waals surface area contributed by atoms with Crippen LogP contribution in [0.1, 0.15) is 26.7 Å². The van der Waals surface area contributed by atoms with E-state index in [9.17, 15) is 9.90 Å². The van der Waals surface area contributed by atoms with Crippen molar-refractivity contribution in [1.29, 1.82) is 0 Å². The monoisotopic (exact) mass is 201 g/mol. The summed E-state index contributed by atoms with van der Waals surface area (Å²) in [7, 11) is 0. The number of nitrogens with one attached hydrogen (secondary N) is 1. The Hall–Kier alpha value is -0.870. The lowest BCUT2D eigenvalue weighted by molar-refractivity contribution is -0.132. The largest absolute Gasteiger partial charge is 0.478 e. The van der Waals surface area contributed by atoms with Crippen LogP contribution in [0.5, 0.6) is 0 Å². The van der Waals surface area contributed by atoms with Crippen LogP contribution in [0.2, 0.25) is 0 Å². The minimum Gasteiger partial charge on any atom is -0.478 e. The lowest BCUT2D eigenvalue weighted by Crippen LogP contribution is -2.20. The van der Waals surface area contributed by atoms with Gasteiger partial charge in [0.25, 0.3) is 0 Å². The number of rotatable bonds is 7. The molecule has 0 saturated carbocycles. The van der Waals surface area contributed by atoms with Crippen LogP contribution in [0.3, 0.4) is 0 Å². The van der Waals surface area contributed by atoms with Gasteiger partial charge in [0, 0.05) is 12.1 Å². The first-order chi connectivity index (χ1) is 6.57. The summed E-state index contributed by atoms with van der Waals surface area (Å²) >= 11 is 0. The SMILES string of the molecule is CCC(O)CCNC/C=C(/C)C(=O)O. The molecule has 0 fully saturated rings. The molecule has 0 heterocycles. The van der Waals surface area contributed by atoms with Crippen molar-refractivity contribution in [3.8, 4) is 0 Å². The Morgan fingerprint density at radius 3 is 2.71 bits per heavy atom. The first-order valence-electron chi connectivity index (χ1n) is 4.86. The molecule has 0 aliphatic carbocycles. The first-order valence-corrected chi connectivity index (χ1v) is 4.86. The third-order valence-corrected chi connectivity index (χ3v) is 2.02. The molecule has 4 nitrogen and oxygen atoms in total. The van der Waals surface area contributed by atoms with E-state index in [1.54, 1.807) is 13.0 Å². The lowest BCUT2D eigenvalue weighted by Gasteiger charge is -2.07. The average Bonchev–Trinajstić information content (AvgIpc) is 2.16. The number of aliphatic carboxylic acids is 1. The molecule has 3 N–H and O–H groups in total. The van der Waals surface area contributed by atoms with Crippen LogP contribution in [-0.2, 0) is 4.79 Å². The van der Waals surface area contributed by atoms with Crippen LogP contribution in [0.25, 0.3) is 0 Å². The smallest absolute Gasteiger partial charge is 0.330 e. The molecule has 0 amide bonds. The number of carboxylic acid groups (broad SMARTS) is 1. The van der Waals surface area contributed by atoms with Gasteiger partial charge in [-0.25, -0.2) is 4.79 Å². The molecule has 0 aromatic heterocycles.